The van der Waals surface area contributed by atoms with Crippen LogP contribution >= 0.6 is 0 Å². The Kier molecular flexibility index (Phi) is 9.04. The van der Waals surface area contributed by atoms with E-state index in [2.05, 4.69) is 33.1 Å². The first-order valence-corrected chi connectivity index (χ1v) is 14.1. The molecule has 3 aromatic rings. The van der Waals surface area contributed by atoms with Gasteiger partial charge in [0.1, 0.15) is 0 Å². The lowest BCUT2D eigenvalue weighted by atomic mass is 9.91. The first kappa shape index (κ1) is 27.5. The van der Waals surface area contributed by atoms with Crippen molar-refractivity contribution in [1.29, 1.82) is 0 Å². The number of carbonyl (C=O) groups is 1. The minimum atomic E-state index is -0.641. The fraction of sp³-hybridized carbons (Fsp3) is 0.438. The fourth-order valence-electron chi connectivity index (χ4n) is 6.11. The molecule has 1 aromatic heterocycles. The Morgan fingerprint density at radius 2 is 1.82 bits per heavy atom. The van der Waals surface area contributed by atoms with Crippen molar-refractivity contribution in [3.05, 3.63) is 101 Å². The van der Waals surface area contributed by atoms with Crippen molar-refractivity contribution < 1.29 is 15.0 Å². The van der Waals surface area contributed by atoms with Gasteiger partial charge in [0.15, 0.2) is 0 Å². The normalized spacial score (nSPS) is 23.2. The molecule has 206 valence electrons. The molecule has 1 fully saturated rings. The fourth-order valence-corrected chi connectivity index (χ4v) is 6.11. The Labute approximate surface area is 231 Å². The molecule has 0 radical (unpaired) electrons. The van der Waals surface area contributed by atoms with E-state index in [9.17, 15) is 15.0 Å². The maximum Gasteiger partial charge on any atom is 0.224 e. The van der Waals surface area contributed by atoms with E-state index >= 15 is 0 Å². The van der Waals surface area contributed by atoms with Crippen LogP contribution in [0.1, 0.15) is 41.6 Å². The van der Waals surface area contributed by atoms with Crippen LogP contribution in [0.2, 0.25) is 0 Å². The Hall–Kier alpha value is -3.10. The molecule has 1 amide bonds. The van der Waals surface area contributed by atoms with Crippen LogP contribution in [0.3, 0.4) is 0 Å². The number of hydrogen-bond donors (Lipinski definition) is 3. The van der Waals surface area contributed by atoms with Crippen LogP contribution in [0.4, 0.5) is 0 Å². The number of piperazine rings is 1. The zero-order valence-corrected chi connectivity index (χ0v) is 22.7. The summed E-state index contributed by atoms with van der Waals surface area (Å²) in [7, 11) is 0. The van der Waals surface area contributed by atoms with Gasteiger partial charge in [-0.05, 0) is 48.1 Å². The predicted molar refractivity (Wildman–Crippen MR) is 152 cm³/mol. The van der Waals surface area contributed by atoms with Gasteiger partial charge >= 0.3 is 0 Å². The topological polar surface area (TPSA) is 88.9 Å². The molecule has 2 aliphatic rings. The number of aliphatic hydroxyl groups is 2. The lowest BCUT2D eigenvalue weighted by Gasteiger charge is -2.41. The van der Waals surface area contributed by atoms with Crippen LogP contribution in [-0.4, -0.2) is 75.3 Å². The Morgan fingerprint density at radius 3 is 2.59 bits per heavy atom. The largest absolute Gasteiger partial charge is 0.392 e. The van der Waals surface area contributed by atoms with Crippen LogP contribution in [0, 0.1) is 5.92 Å². The molecule has 1 aliphatic heterocycles. The third kappa shape index (κ3) is 7.11. The summed E-state index contributed by atoms with van der Waals surface area (Å²) in [6, 6.07) is 21.8. The van der Waals surface area contributed by atoms with Crippen molar-refractivity contribution in [2.24, 2.45) is 5.92 Å². The second-order valence-electron chi connectivity index (χ2n) is 11.2. The highest BCUT2D eigenvalue weighted by Crippen LogP contribution is 2.32. The second kappa shape index (κ2) is 12.8. The third-order valence-electron chi connectivity index (χ3n) is 8.18. The van der Waals surface area contributed by atoms with E-state index in [0.29, 0.717) is 31.8 Å². The average molecular weight is 529 g/mol. The van der Waals surface area contributed by atoms with Gasteiger partial charge in [0.05, 0.1) is 18.2 Å². The molecule has 3 N–H and O–H groups in total. The predicted octanol–water partition coefficient (Wildman–Crippen LogP) is 2.97. The Morgan fingerprint density at radius 1 is 1.05 bits per heavy atom. The second-order valence-corrected chi connectivity index (χ2v) is 11.2. The van der Waals surface area contributed by atoms with Gasteiger partial charge in [0, 0.05) is 63.5 Å². The molecule has 7 nitrogen and oxygen atoms in total. The third-order valence-corrected chi connectivity index (χ3v) is 8.18. The lowest BCUT2D eigenvalue weighted by molar-refractivity contribution is -0.127. The van der Waals surface area contributed by atoms with Gasteiger partial charge < -0.3 is 15.5 Å². The van der Waals surface area contributed by atoms with E-state index in [1.165, 1.54) is 5.56 Å². The molecule has 0 saturated carbocycles. The Bertz CT molecular complexity index is 1210. The van der Waals surface area contributed by atoms with Crippen molar-refractivity contribution in [1.82, 2.24) is 20.1 Å². The van der Waals surface area contributed by atoms with Crippen LogP contribution < -0.4 is 5.32 Å². The number of aromatic nitrogens is 1. The molecular weight excluding hydrogens is 488 g/mol. The van der Waals surface area contributed by atoms with Gasteiger partial charge in [-0.3, -0.25) is 19.6 Å². The number of β-amino-alcohol motifs (C(OH)–C–C–N with tert-alkyl or cyclic N) is 1. The van der Waals surface area contributed by atoms with E-state index < -0.39 is 24.2 Å². The van der Waals surface area contributed by atoms with Gasteiger partial charge in [-0.1, -0.05) is 60.7 Å². The molecule has 0 bridgehead atoms. The summed E-state index contributed by atoms with van der Waals surface area (Å²) in [6.45, 7) is 6.35. The monoisotopic (exact) mass is 528 g/mol. The number of pyridine rings is 1. The van der Waals surface area contributed by atoms with Crippen LogP contribution in [0.25, 0.3) is 0 Å². The van der Waals surface area contributed by atoms with Gasteiger partial charge in [-0.15, -0.1) is 0 Å². The molecule has 1 saturated heterocycles. The number of hydrogen-bond acceptors (Lipinski definition) is 6. The molecule has 5 rings (SSSR count). The van der Waals surface area contributed by atoms with Crippen LogP contribution in [0.15, 0.2) is 79.1 Å². The minimum Gasteiger partial charge on any atom is -0.392 e. The molecule has 5 atom stereocenters. The first-order chi connectivity index (χ1) is 19.0. The van der Waals surface area contributed by atoms with E-state index in [4.69, 9.17) is 0 Å². The van der Waals surface area contributed by atoms with Crippen molar-refractivity contribution in [3.8, 4) is 0 Å². The SMILES string of the molecule is C[C@@H]1CN(Cc2cccnc2)CCN1C[C@@H](O)C[C@@H](Cc1ccccc1)C(=O)NC1c2ccccc2C[C@H]1O. The number of carbonyl (C=O) groups excluding carboxylic acids is 1. The highest BCUT2D eigenvalue weighted by atomic mass is 16.3. The Balaban J connectivity index is 1.20. The van der Waals surface area contributed by atoms with Crippen LogP contribution in [0.5, 0.6) is 0 Å². The maximum absolute atomic E-state index is 13.6. The number of aliphatic hydroxyl groups excluding tert-OH is 2. The van der Waals surface area contributed by atoms with Crippen molar-refractivity contribution in [3.63, 3.8) is 0 Å². The van der Waals surface area contributed by atoms with Gasteiger partial charge in [-0.25, -0.2) is 0 Å². The quantitative estimate of drug-likeness (QED) is 0.375. The molecular formula is C32H40N4O3. The number of rotatable bonds is 10. The van der Waals surface area contributed by atoms with E-state index in [1.807, 2.05) is 66.9 Å². The smallest absolute Gasteiger partial charge is 0.224 e. The van der Waals surface area contributed by atoms with E-state index in [-0.39, 0.29) is 5.91 Å². The standard InChI is InChI=1S/C32H40N4O3/c1-23-20-35(21-25-10-7-13-33-19-25)14-15-36(23)22-28(37)17-27(16-24-8-3-2-4-9-24)32(39)34-31-29-12-6-5-11-26(29)18-30(31)38/h2-13,19,23,27-28,30-31,37-38H,14-18,20-22H2,1H3,(H,34,39)/t23-,27-,28+,30-,31?/m1/s1. The molecule has 1 unspecified atom stereocenters. The molecule has 0 spiro atoms. The van der Waals surface area contributed by atoms with Gasteiger partial charge in [0.25, 0.3) is 0 Å². The molecule has 1 aliphatic carbocycles. The first-order valence-electron chi connectivity index (χ1n) is 14.1. The summed E-state index contributed by atoms with van der Waals surface area (Å²) < 4.78 is 0. The zero-order chi connectivity index (χ0) is 27.2. The summed E-state index contributed by atoms with van der Waals surface area (Å²) in [5.74, 6) is -0.516. The summed E-state index contributed by atoms with van der Waals surface area (Å²) in [5.41, 5.74) is 4.33. The number of amides is 1. The molecule has 39 heavy (non-hydrogen) atoms. The number of fused-ring (bicyclic) bond motifs is 1. The highest BCUT2D eigenvalue weighted by Gasteiger charge is 2.34. The van der Waals surface area contributed by atoms with E-state index in [0.717, 1.165) is 42.9 Å². The van der Waals surface area contributed by atoms with Crippen LogP contribution in [-0.2, 0) is 24.2 Å². The highest BCUT2D eigenvalue weighted by molar-refractivity contribution is 5.79. The summed E-state index contributed by atoms with van der Waals surface area (Å²) in [4.78, 5) is 22.6. The van der Waals surface area contributed by atoms with E-state index in [1.54, 1.807) is 6.20 Å². The minimum absolute atomic E-state index is 0.118. The summed E-state index contributed by atoms with van der Waals surface area (Å²) in [6.07, 6.45) is 3.90. The lowest BCUT2D eigenvalue weighted by Crippen LogP contribution is -2.53. The summed E-state index contributed by atoms with van der Waals surface area (Å²) >= 11 is 0. The summed E-state index contributed by atoms with van der Waals surface area (Å²) in [5, 5.41) is 25.0. The molecule has 7 heteroatoms. The average Bonchev–Trinajstić information content (AvgIpc) is 3.25. The maximum atomic E-state index is 13.6. The van der Waals surface area contributed by atoms with Crippen molar-refractivity contribution in [2.45, 2.75) is 57.0 Å². The number of nitrogens with zero attached hydrogens (tertiary/aromatic N) is 3. The zero-order valence-electron chi connectivity index (χ0n) is 22.7. The van der Waals surface area contributed by atoms with Gasteiger partial charge in [0.2, 0.25) is 5.91 Å². The number of nitrogens with one attached hydrogen (secondary N) is 1. The van der Waals surface area contributed by atoms with Crippen molar-refractivity contribution >= 4 is 5.91 Å². The van der Waals surface area contributed by atoms with Crippen molar-refractivity contribution in [2.75, 3.05) is 26.2 Å². The number of benzene rings is 2. The van der Waals surface area contributed by atoms with Gasteiger partial charge in [-0.2, -0.15) is 0 Å². The molecule has 2 aromatic carbocycles. The molecule has 2 heterocycles.